The van der Waals surface area contributed by atoms with Crippen LogP contribution in [0.1, 0.15) is 70.5 Å². The monoisotopic (exact) mass is 429 g/mol. The molecule has 1 aromatic rings. The molecule has 3 rings (SSSR count). The van der Waals surface area contributed by atoms with E-state index in [1.807, 2.05) is 32.0 Å². The van der Waals surface area contributed by atoms with E-state index in [-0.39, 0.29) is 29.8 Å². The third kappa shape index (κ3) is 4.70. The second-order valence-electron chi connectivity index (χ2n) is 10.1. The Morgan fingerprint density at radius 3 is 2.52 bits per heavy atom. The molecule has 1 saturated carbocycles. The Morgan fingerprint density at radius 2 is 1.94 bits per heavy atom. The van der Waals surface area contributed by atoms with Gasteiger partial charge in [-0.1, -0.05) is 38.5 Å². The lowest BCUT2D eigenvalue weighted by Gasteiger charge is -2.40. The number of urea groups is 1. The maximum atomic E-state index is 13.1. The third-order valence-electron chi connectivity index (χ3n) is 6.84. The van der Waals surface area contributed by atoms with Crippen molar-refractivity contribution in [2.45, 2.75) is 71.9 Å². The van der Waals surface area contributed by atoms with Crippen LogP contribution in [0.5, 0.6) is 5.75 Å². The highest BCUT2D eigenvalue weighted by atomic mass is 16.5. The molecule has 1 heterocycles. The van der Waals surface area contributed by atoms with Gasteiger partial charge in [-0.25, -0.2) is 4.79 Å². The fourth-order valence-corrected chi connectivity index (χ4v) is 4.84. The number of benzene rings is 1. The van der Waals surface area contributed by atoms with Crippen LogP contribution in [0.4, 0.5) is 4.79 Å². The quantitative estimate of drug-likeness (QED) is 0.699. The minimum Gasteiger partial charge on any atom is -0.496 e. The van der Waals surface area contributed by atoms with Gasteiger partial charge in [0, 0.05) is 5.56 Å². The molecule has 1 aliphatic carbocycles. The van der Waals surface area contributed by atoms with Crippen LogP contribution in [-0.2, 0) is 9.59 Å². The van der Waals surface area contributed by atoms with Gasteiger partial charge in [-0.15, -0.1) is 0 Å². The number of aryl methyl sites for hydroxylation is 1. The second kappa shape index (κ2) is 8.52. The van der Waals surface area contributed by atoms with Crippen LogP contribution in [0.2, 0.25) is 0 Å². The van der Waals surface area contributed by atoms with Crippen molar-refractivity contribution in [3.8, 4) is 5.75 Å². The Balaban J connectivity index is 1.64. The Kier molecular flexibility index (Phi) is 6.35. The SMILES string of the molecule is COc1ccc(C)cc1C(C)NC(=O)CN1C(=O)NC2(CCC(C(C)(C)C)CC2)C1=O. The zero-order valence-electron chi connectivity index (χ0n) is 19.5. The largest absolute Gasteiger partial charge is 0.496 e. The van der Waals surface area contributed by atoms with Gasteiger partial charge in [-0.2, -0.15) is 0 Å². The molecule has 2 fully saturated rings. The maximum absolute atomic E-state index is 13.1. The summed E-state index contributed by atoms with van der Waals surface area (Å²) in [7, 11) is 1.59. The van der Waals surface area contributed by atoms with Crippen molar-refractivity contribution >= 4 is 17.8 Å². The number of ether oxygens (including phenoxy) is 1. The van der Waals surface area contributed by atoms with Crippen molar-refractivity contribution < 1.29 is 19.1 Å². The van der Waals surface area contributed by atoms with E-state index < -0.39 is 11.6 Å². The van der Waals surface area contributed by atoms with Crippen LogP contribution < -0.4 is 15.4 Å². The van der Waals surface area contributed by atoms with E-state index in [2.05, 4.69) is 31.4 Å². The van der Waals surface area contributed by atoms with Gasteiger partial charge in [0.2, 0.25) is 5.91 Å². The molecule has 7 heteroatoms. The van der Waals surface area contributed by atoms with E-state index in [4.69, 9.17) is 4.74 Å². The van der Waals surface area contributed by atoms with Crippen LogP contribution in [-0.4, -0.2) is 41.9 Å². The molecular formula is C24H35N3O4. The van der Waals surface area contributed by atoms with E-state index >= 15 is 0 Å². The molecule has 1 unspecified atom stereocenters. The van der Waals surface area contributed by atoms with Crippen molar-refractivity contribution in [3.63, 3.8) is 0 Å². The third-order valence-corrected chi connectivity index (χ3v) is 6.84. The average molecular weight is 430 g/mol. The molecule has 1 spiro atoms. The van der Waals surface area contributed by atoms with Gasteiger partial charge in [-0.05, 0) is 56.9 Å². The van der Waals surface area contributed by atoms with E-state index in [0.717, 1.165) is 28.9 Å². The van der Waals surface area contributed by atoms with Crippen LogP contribution >= 0.6 is 0 Å². The number of methoxy groups -OCH3 is 1. The predicted octanol–water partition coefficient (Wildman–Crippen LogP) is 3.71. The molecule has 0 bridgehead atoms. The number of carbonyl (C=O) groups excluding carboxylic acids is 3. The van der Waals surface area contributed by atoms with E-state index in [1.165, 1.54) is 0 Å². The zero-order chi connectivity index (χ0) is 23.0. The molecule has 1 aliphatic heterocycles. The minimum atomic E-state index is -0.857. The van der Waals surface area contributed by atoms with E-state index in [9.17, 15) is 14.4 Å². The van der Waals surface area contributed by atoms with Gasteiger partial charge in [0.1, 0.15) is 17.8 Å². The Bertz CT molecular complexity index is 866. The number of nitrogens with zero attached hydrogens (tertiary/aromatic N) is 1. The Labute approximate surface area is 184 Å². The fourth-order valence-electron chi connectivity index (χ4n) is 4.84. The van der Waals surface area contributed by atoms with Crippen molar-refractivity contribution in [3.05, 3.63) is 29.3 Å². The molecule has 4 amide bonds. The number of hydrogen-bond donors (Lipinski definition) is 2. The minimum absolute atomic E-state index is 0.180. The lowest BCUT2D eigenvalue weighted by atomic mass is 9.67. The molecule has 1 saturated heterocycles. The lowest BCUT2D eigenvalue weighted by molar-refractivity contribution is -0.136. The molecule has 1 aromatic carbocycles. The summed E-state index contributed by atoms with van der Waals surface area (Å²) in [6.45, 7) is 10.2. The zero-order valence-corrected chi connectivity index (χ0v) is 19.5. The molecular weight excluding hydrogens is 394 g/mol. The summed E-state index contributed by atoms with van der Waals surface area (Å²) in [5.41, 5.74) is 1.23. The molecule has 0 radical (unpaired) electrons. The second-order valence-corrected chi connectivity index (χ2v) is 10.1. The molecule has 0 aromatic heterocycles. The highest BCUT2D eigenvalue weighted by Gasteiger charge is 2.53. The summed E-state index contributed by atoms with van der Waals surface area (Å²) < 4.78 is 5.40. The Morgan fingerprint density at radius 1 is 1.29 bits per heavy atom. The maximum Gasteiger partial charge on any atom is 0.325 e. The van der Waals surface area contributed by atoms with E-state index in [0.29, 0.717) is 24.5 Å². The first-order chi connectivity index (χ1) is 14.5. The summed E-state index contributed by atoms with van der Waals surface area (Å²) >= 11 is 0. The van der Waals surface area contributed by atoms with Gasteiger partial charge in [0.25, 0.3) is 5.91 Å². The smallest absolute Gasteiger partial charge is 0.325 e. The molecule has 31 heavy (non-hydrogen) atoms. The summed E-state index contributed by atoms with van der Waals surface area (Å²) in [5.74, 6) is 0.550. The summed E-state index contributed by atoms with van der Waals surface area (Å²) in [4.78, 5) is 39.4. The van der Waals surface area contributed by atoms with Crippen molar-refractivity contribution in [1.82, 2.24) is 15.5 Å². The summed E-state index contributed by atoms with van der Waals surface area (Å²) in [5, 5.41) is 5.79. The molecule has 2 aliphatic rings. The van der Waals surface area contributed by atoms with Gasteiger partial charge in [-0.3, -0.25) is 14.5 Å². The van der Waals surface area contributed by atoms with Crippen molar-refractivity contribution in [2.75, 3.05) is 13.7 Å². The fraction of sp³-hybridized carbons (Fsp3) is 0.625. The normalized spacial score (nSPS) is 24.8. The van der Waals surface area contributed by atoms with Gasteiger partial charge < -0.3 is 15.4 Å². The first-order valence-electron chi connectivity index (χ1n) is 11.0. The molecule has 170 valence electrons. The molecule has 7 nitrogen and oxygen atoms in total. The van der Waals surface area contributed by atoms with Gasteiger partial charge >= 0.3 is 6.03 Å². The summed E-state index contributed by atoms with van der Waals surface area (Å²) in [6, 6.07) is 4.97. The lowest BCUT2D eigenvalue weighted by Crippen LogP contribution is -2.51. The highest BCUT2D eigenvalue weighted by molar-refractivity contribution is 6.09. The van der Waals surface area contributed by atoms with E-state index in [1.54, 1.807) is 7.11 Å². The molecule has 1 atom stereocenters. The highest BCUT2D eigenvalue weighted by Crippen LogP contribution is 2.43. The van der Waals surface area contributed by atoms with Crippen molar-refractivity contribution in [2.24, 2.45) is 11.3 Å². The van der Waals surface area contributed by atoms with Crippen LogP contribution in [0.15, 0.2) is 18.2 Å². The van der Waals surface area contributed by atoms with Gasteiger partial charge in [0.15, 0.2) is 0 Å². The van der Waals surface area contributed by atoms with Gasteiger partial charge in [0.05, 0.1) is 13.2 Å². The number of rotatable bonds is 5. The number of carbonyl (C=O) groups is 3. The Hall–Kier alpha value is -2.57. The topological polar surface area (TPSA) is 87.7 Å². The first kappa shape index (κ1) is 23.1. The van der Waals surface area contributed by atoms with Crippen LogP contribution in [0.3, 0.4) is 0 Å². The predicted molar refractivity (Wildman–Crippen MR) is 119 cm³/mol. The number of amides is 4. The first-order valence-corrected chi connectivity index (χ1v) is 11.0. The summed E-state index contributed by atoms with van der Waals surface area (Å²) in [6.07, 6.45) is 3.02. The van der Waals surface area contributed by atoms with Crippen molar-refractivity contribution in [1.29, 1.82) is 0 Å². The average Bonchev–Trinajstić information content (AvgIpc) is 2.91. The number of nitrogens with one attached hydrogen (secondary N) is 2. The molecule has 2 N–H and O–H groups in total. The number of imide groups is 1. The van der Waals surface area contributed by atoms with Crippen LogP contribution in [0, 0.1) is 18.3 Å². The standard InChI is InChI=1S/C24H35N3O4/c1-15-7-8-19(31-6)18(13-15)16(2)25-20(28)14-27-21(29)24(26-22(27)30)11-9-17(10-12-24)23(3,4)5/h7-8,13,16-17H,9-12,14H2,1-6H3,(H,25,28)(H,26,30). The number of hydrogen-bond acceptors (Lipinski definition) is 4. The van der Waals surface area contributed by atoms with Crippen LogP contribution in [0.25, 0.3) is 0 Å².